The van der Waals surface area contributed by atoms with Crippen molar-refractivity contribution >= 4 is 11.5 Å². The molecule has 1 rings (SSSR count). The molecule has 0 unspecified atom stereocenters. The predicted octanol–water partition coefficient (Wildman–Crippen LogP) is 3.12. The molecule has 0 amide bonds. The lowest BCUT2D eigenvalue weighted by Crippen LogP contribution is -2.02. The largest absolute Gasteiger partial charge is 0.398 e. The molecule has 1 aromatic carbocycles. The second-order valence-electron chi connectivity index (χ2n) is 3.77. The van der Waals surface area contributed by atoms with Crippen molar-refractivity contribution in [2.24, 2.45) is 0 Å². The number of ketones is 1. The molecule has 15 heavy (non-hydrogen) atoms. The molecule has 0 aliphatic rings. The molecular formula is C13H17NO. The number of Topliss-reactive ketones (excluding diaryl/α,β-unsaturated/α-hetero) is 1. The molecule has 0 bridgehead atoms. The zero-order chi connectivity index (χ0) is 11.4. The van der Waals surface area contributed by atoms with Crippen molar-refractivity contribution in [2.75, 3.05) is 5.73 Å². The van der Waals surface area contributed by atoms with Gasteiger partial charge in [0.25, 0.3) is 0 Å². The summed E-state index contributed by atoms with van der Waals surface area (Å²) >= 11 is 0. The average molecular weight is 203 g/mol. The first-order valence-corrected chi connectivity index (χ1v) is 5.10. The Bertz CT molecular complexity index is 394. The van der Waals surface area contributed by atoms with Crippen molar-refractivity contribution in [1.29, 1.82) is 0 Å². The van der Waals surface area contributed by atoms with Crippen LogP contribution in [0.5, 0.6) is 0 Å². The molecule has 0 aliphatic carbocycles. The summed E-state index contributed by atoms with van der Waals surface area (Å²) in [6.45, 7) is 7.75. The summed E-state index contributed by atoms with van der Waals surface area (Å²) in [7, 11) is 0. The van der Waals surface area contributed by atoms with Crippen molar-refractivity contribution in [1.82, 2.24) is 0 Å². The van der Waals surface area contributed by atoms with E-state index in [1.807, 2.05) is 26.0 Å². The standard InChI is InChI=1S/C13H17NO/c1-4-9(2)7-13(15)11-6-5-10(3)12(14)8-11/h5-6,8H,2,4,7,14H2,1,3H3. The molecule has 2 N–H and O–H groups in total. The van der Waals surface area contributed by atoms with Gasteiger partial charge in [-0.2, -0.15) is 0 Å². The summed E-state index contributed by atoms with van der Waals surface area (Å²) in [6.07, 6.45) is 1.26. The van der Waals surface area contributed by atoms with E-state index in [0.29, 0.717) is 17.7 Å². The minimum absolute atomic E-state index is 0.0913. The first kappa shape index (κ1) is 11.5. The van der Waals surface area contributed by atoms with Gasteiger partial charge in [0.1, 0.15) is 0 Å². The molecule has 0 heterocycles. The summed E-state index contributed by atoms with van der Waals surface area (Å²) in [5.41, 5.74) is 9.05. The van der Waals surface area contributed by atoms with Gasteiger partial charge in [-0.15, -0.1) is 0 Å². The highest BCUT2D eigenvalue weighted by Crippen LogP contribution is 2.16. The number of rotatable bonds is 4. The molecule has 0 spiro atoms. The molecule has 2 nitrogen and oxygen atoms in total. The minimum Gasteiger partial charge on any atom is -0.398 e. The highest BCUT2D eigenvalue weighted by molar-refractivity contribution is 5.98. The fraction of sp³-hybridized carbons (Fsp3) is 0.308. The Morgan fingerprint density at radius 2 is 2.13 bits per heavy atom. The van der Waals surface area contributed by atoms with Crippen LogP contribution in [0.4, 0.5) is 5.69 Å². The molecule has 0 saturated heterocycles. The smallest absolute Gasteiger partial charge is 0.166 e. The number of allylic oxidation sites excluding steroid dienone is 1. The van der Waals surface area contributed by atoms with E-state index in [1.165, 1.54) is 0 Å². The van der Waals surface area contributed by atoms with Gasteiger partial charge in [-0.1, -0.05) is 31.2 Å². The Morgan fingerprint density at radius 3 is 2.67 bits per heavy atom. The second-order valence-corrected chi connectivity index (χ2v) is 3.77. The van der Waals surface area contributed by atoms with Crippen LogP contribution < -0.4 is 5.73 Å². The molecule has 0 aliphatic heterocycles. The fourth-order valence-electron chi connectivity index (χ4n) is 1.27. The van der Waals surface area contributed by atoms with E-state index < -0.39 is 0 Å². The summed E-state index contributed by atoms with van der Waals surface area (Å²) < 4.78 is 0. The lowest BCUT2D eigenvalue weighted by molar-refractivity contribution is 0.0992. The molecule has 0 saturated carbocycles. The van der Waals surface area contributed by atoms with E-state index >= 15 is 0 Å². The van der Waals surface area contributed by atoms with Crippen LogP contribution in [0.1, 0.15) is 35.7 Å². The van der Waals surface area contributed by atoms with Gasteiger partial charge >= 0.3 is 0 Å². The molecule has 0 radical (unpaired) electrons. The molecule has 1 aromatic rings. The van der Waals surface area contributed by atoms with Gasteiger partial charge in [-0.05, 0) is 25.0 Å². The van der Waals surface area contributed by atoms with E-state index in [-0.39, 0.29) is 5.78 Å². The quantitative estimate of drug-likeness (QED) is 0.464. The SMILES string of the molecule is C=C(CC)CC(=O)c1ccc(C)c(N)c1. The number of anilines is 1. The maximum atomic E-state index is 11.8. The molecule has 2 heteroatoms. The van der Waals surface area contributed by atoms with E-state index in [0.717, 1.165) is 17.6 Å². The third kappa shape index (κ3) is 2.94. The number of aryl methyl sites for hydroxylation is 1. The van der Waals surface area contributed by atoms with Crippen LogP contribution in [0.25, 0.3) is 0 Å². The minimum atomic E-state index is 0.0913. The van der Waals surface area contributed by atoms with Crippen molar-refractivity contribution in [2.45, 2.75) is 26.7 Å². The Kier molecular flexibility index (Phi) is 3.67. The maximum Gasteiger partial charge on any atom is 0.166 e. The third-order valence-corrected chi connectivity index (χ3v) is 2.51. The van der Waals surface area contributed by atoms with E-state index in [2.05, 4.69) is 6.58 Å². The van der Waals surface area contributed by atoms with E-state index in [1.54, 1.807) is 6.07 Å². The van der Waals surface area contributed by atoms with Crippen molar-refractivity contribution in [3.8, 4) is 0 Å². The van der Waals surface area contributed by atoms with Gasteiger partial charge in [0.2, 0.25) is 0 Å². The topological polar surface area (TPSA) is 43.1 Å². The highest BCUT2D eigenvalue weighted by Gasteiger charge is 2.07. The van der Waals surface area contributed by atoms with Crippen LogP contribution in [0.15, 0.2) is 30.4 Å². The van der Waals surface area contributed by atoms with Gasteiger partial charge in [0.15, 0.2) is 5.78 Å². The Morgan fingerprint density at radius 1 is 1.47 bits per heavy atom. The number of hydrogen-bond acceptors (Lipinski definition) is 2. The average Bonchev–Trinajstić information content (AvgIpc) is 2.21. The molecule has 0 atom stereocenters. The van der Waals surface area contributed by atoms with E-state index in [4.69, 9.17) is 5.73 Å². The number of hydrogen-bond donors (Lipinski definition) is 1. The number of nitrogens with two attached hydrogens (primary N) is 1. The predicted molar refractivity (Wildman–Crippen MR) is 64.0 cm³/mol. The Hall–Kier alpha value is -1.57. The van der Waals surface area contributed by atoms with Gasteiger partial charge in [0, 0.05) is 17.7 Å². The van der Waals surface area contributed by atoms with Crippen LogP contribution in [-0.4, -0.2) is 5.78 Å². The Balaban J connectivity index is 2.83. The van der Waals surface area contributed by atoms with Gasteiger partial charge in [-0.3, -0.25) is 4.79 Å². The van der Waals surface area contributed by atoms with Crippen LogP contribution in [0.2, 0.25) is 0 Å². The van der Waals surface area contributed by atoms with E-state index in [9.17, 15) is 4.79 Å². The number of benzene rings is 1. The molecular weight excluding hydrogens is 186 g/mol. The van der Waals surface area contributed by atoms with Gasteiger partial charge in [0.05, 0.1) is 0 Å². The molecule has 80 valence electrons. The normalized spacial score (nSPS) is 10.0. The van der Waals surface area contributed by atoms with Crippen LogP contribution in [-0.2, 0) is 0 Å². The summed E-state index contributed by atoms with van der Waals surface area (Å²) in [4.78, 5) is 11.8. The monoisotopic (exact) mass is 203 g/mol. The zero-order valence-corrected chi connectivity index (χ0v) is 9.34. The van der Waals surface area contributed by atoms with Crippen molar-refractivity contribution in [3.05, 3.63) is 41.5 Å². The third-order valence-electron chi connectivity index (χ3n) is 2.51. The fourth-order valence-corrected chi connectivity index (χ4v) is 1.27. The van der Waals surface area contributed by atoms with Crippen molar-refractivity contribution in [3.63, 3.8) is 0 Å². The first-order chi connectivity index (χ1) is 7.04. The maximum absolute atomic E-state index is 11.8. The number of nitrogen functional groups attached to an aromatic ring is 1. The second kappa shape index (κ2) is 4.78. The van der Waals surface area contributed by atoms with Crippen LogP contribution in [0.3, 0.4) is 0 Å². The highest BCUT2D eigenvalue weighted by atomic mass is 16.1. The lowest BCUT2D eigenvalue weighted by atomic mass is 10.0. The summed E-state index contributed by atoms with van der Waals surface area (Å²) in [5.74, 6) is 0.0913. The number of carbonyl (C=O) groups excluding carboxylic acids is 1. The summed E-state index contributed by atoms with van der Waals surface area (Å²) in [5, 5.41) is 0. The molecule has 0 aromatic heterocycles. The lowest BCUT2D eigenvalue weighted by Gasteiger charge is -2.05. The molecule has 0 fully saturated rings. The summed E-state index contributed by atoms with van der Waals surface area (Å²) in [6, 6.07) is 5.43. The van der Waals surface area contributed by atoms with Crippen LogP contribution in [0, 0.1) is 6.92 Å². The number of carbonyl (C=O) groups is 1. The van der Waals surface area contributed by atoms with Gasteiger partial charge in [-0.25, -0.2) is 0 Å². The zero-order valence-electron chi connectivity index (χ0n) is 9.34. The Labute approximate surface area is 90.8 Å². The first-order valence-electron chi connectivity index (χ1n) is 5.10. The van der Waals surface area contributed by atoms with Gasteiger partial charge < -0.3 is 5.73 Å². The van der Waals surface area contributed by atoms with Crippen molar-refractivity contribution < 1.29 is 4.79 Å². The van der Waals surface area contributed by atoms with Crippen LogP contribution >= 0.6 is 0 Å².